The number of hydrogen-bond acceptors (Lipinski definition) is 6. The summed E-state index contributed by atoms with van der Waals surface area (Å²) in [7, 11) is 1.70. The van der Waals surface area contributed by atoms with Crippen LogP contribution in [0.1, 0.15) is 29.0 Å². The first-order valence-corrected chi connectivity index (χ1v) is 8.40. The predicted octanol–water partition coefficient (Wildman–Crippen LogP) is 1.28. The molecule has 3 rings (SSSR count). The zero-order valence-corrected chi connectivity index (χ0v) is 14.6. The number of rotatable bonds is 4. The van der Waals surface area contributed by atoms with E-state index < -0.39 is 5.60 Å². The SMILES string of the molecule is Cc1cccc(C(=O)N(C)C[C@]2(O)CCCN(c3ncccn3)C2)n1. The molecule has 0 aliphatic carbocycles. The summed E-state index contributed by atoms with van der Waals surface area (Å²) in [4.78, 5) is 28.9. The van der Waals surface area contributed by atoms with Crippen LogP contribution < -0.4 is 4.90 Å². The molecule has 2 aromatic heterocycles. The van der Waals surface area contributed by atoms with Crippen molar-refractivity contribution in [3.63, 3.8) is 0 Å². The first kappa shape index (κ1) is 17.3. The highest BCUT2D eigenvalue weighted by molar-refractivity contribution is 5.92. The summed E-state index contributed by atoms with van der Waals surface area (Å²) in [5, 5.41) is 11.0. The van der Waals surface area contributed by atoms with Gasteiger partial charge in [-0.1, -0.05) is 6.07 Å². The summed E-state index contributed by atoms with van der Waals surface area (Å²) >= 11 is 0. The molecule has 1 aliphatic heterocycles. The van der Waals surface area contributed by atoms with Crippen molar-refractivity contribution in [3.05, 3.63) is 48.0 Å². The summed E-state index contributed by atoms with van der Waals surface area (Å²) in [6.07, 6.45) is 4.83. The molecule has 25 heavy (non-hydrogen) atoms. The normalized spacial score (nSPS) is 20.4. The Hall–Kier alpha value is -2.54. The first-order valence-electron chi connectivity index (χ1n) is 8.40. The third-order valence-electron chi connectivity index (χ3n) is 4.38. The van der Waals surface area contributed by atoms with E-state index in [0.717, 1.165) is 18.7 Å². The molecule has 0 radical (unpaired) electrons. The van der Waals surface area contributed by atoms with Crippen molar-refractivity contribution in [2.75, 3.05) is 31.6 Å². The molecule has 1 atom stereocenters. The Morgan fingerprint density at radius 1 is 1.32 bits per heavy atom. The second-order valence-electron chi connectivity index (χ2n) is 6.62. The minimum atomic E-state index is -0.994. The lowest BCUT2D eigenvalue weighted by Crippen LogP contribution is -2.55. The number of piperidine rings is 1. The van der Waals surface area contributed by atoms with Gasteiger partial charge >= 0.3 is 0 Å². The molecule has 7 nitrogen and oxygen atoms in total. The van der Waals surface area contributed by atoms with E-state index in [-0.39, 0.29) is 12.5 Å². The van der Waals surface area contributed by atoms with Gasteiger partial charge in [0, 0.05) is 31.7 Å². The molecule has 1 aliphatic rings. The number of amides is 1. The molecular formula is C18H23N5O2. The van der Waals surface area contributed by atoms with E-state index >= 15 is 0 Å². The highest BCUT2D eigenvalue weighted by Crippen LogP contribution is 2.24. The van der Waals surface area contributed by atoms with Gasteiger partial charge in [-0.15, -0.1) is 0 Å². The van der Waals surface area contributed by atoms with Crippen LogP contribution in [0.2, 0.25) is 0 Å². The Morgan fingerprint density at radius 3 is 2.80 bits per heavy atom. The van der Waals surface area contributed by atoms with Gasteiger partial charge in [0.2, 0.25) is 5.95 Å². The van der Waals surface area contributed by atoms with E-state index in [0.29, 0.717) is 24.6 Å². The van der Waals surface area contributed by atoms with E-state index in [4.69, 9.17) is 0 Å². The topological polar surface area (TPSA) is 82.5 Å². The summed E-state index contributed by atoms with van der Waals surface area (Å²) in [6, 6.07) is 7.12. The molecule has 1 saturated heterocycles. The van der Waals surface area contributed by atoms with Crippen molar-refractivity contribution in [1.29, 1.82) is 0 Å². The lowest BCUT2D eigenvalue weighted by Gasteiger charge is -2.41. The summed E-state index contributed by atoms with van der Waals surface area (Å²) in [5.74, 6) is 0.417. The second kappa shape index (κ2) is 7.14. The fourth-order valence-corrected chi connectivity index (χ4v) is 3.24. The van der Waals surface area contributed by atoms with Gasteiger partial charge in [0.25, 0.3) is 5.91 Å². The van der Waals surface area contributed by atoms with Crippen molar-refractivity contribution in [2.45, 2.75) is 25.4 Å². The van der Waals surface area contributed by atoms with Crippen LogP contribution in [0.4, 0.5) is 5.95 Å². The molecule has 0 aromatic carbocycles. The maximum Gasteiger partial charge on any atom is 0.272 e. The number of aliphatic hydroxyl groups is 1. The molecular weight excluding hydrogens is 318 g/mol. The fraction of sp³-hybridized carbons (Fsp3) is 0.444. The Balaban J connectivity index is 1.69. The number of pyridine rings is 1. The van der Waals surface area contributed by atoms with Gasteiger partial charge < -0.3 is 14.9 Å². The molecule has 1 N–H and O–H groups in total. The average molecular weight is 341 g/mol. The number of anilines is 1. The maximum atomic E-state index is 12.6. The molecule has 0 bridgehead atoms. The lowest BCUT2D eigenvalue weighted by molar-refractivity contribution is -0.000442. The smallest absolute Gasteiger partial charge is 0.272 e. The lowest BCUT2D eigenvalue weighted by atomic mass is 9.92. The van der Waals surface area contributed by atoms with E-state index in [2.05, 4.69) is 15.0 Å². The standard InChI is InChI=1S/C18H23N5O2/c1-14-6-3-7-15(21-14)16(24)22(2)12-18(25)8-4-11-23(13-18)17-19-9-5-10-20-17/h3,5-7,9-10,25H,4,8,11-13H2,1-2H3/t18-/m1/s1. The average Bonchev–Trinajstić information content (AvgIpc) is 2.61. The van der Waals surface area contributed by atoms with Crippen LogP contribution in [0.15, 0.2) is 36.7 Å². The molecule has 2 aromatic rings. The predicted molar refractivity (Wildman–Crippen MR) is 94.4 cm³/mol. The molecule has 0 spiro atoms. The zero-order valence-electron chi connectivity index (χ0n) is 14.6. The van der Waals surface area contributed by atoms with Crippen molar-refractivity contribution < 1.29 is 9.90 Å². The third-order valence-corrected chi connectivity index (χ3v) is 4.38. The Morgan fingerprint density at radius 2 is 2.08 bits per heavy atom. The minimum Gasteiger partial charge on any atom is -0.386 e. The van der Waals surface area contributed by atoms with Crippen LogP contribution in [0.3, 0.4) is 0 Å². The number of likely N-dealkylation sites (N-methyl/N-ethyl adjacent to an activating group) is 1. The van der Waals surface area contributed by atoms with Crippen molar-refractivity contribution >= 4 is 11.9 Å². The largest absolute Gasteiger partial charge is 0.386 e. The number of carbonyl (C=O) groups is 1. The van der Waals surface area contributed by atoms with E-state index in [1.54, 1.807) is 31.6 Å². The highest BCUT2D eigenvalue weighted by Gasteiger charge is 2.36. The number of β-amino-alcohol motifs (C(OH)–C–C–N with tert-alkyl or cyclic N) is 1. The number of nitrogens with zero attached hydrogens (tertiary/aromatic N) is 5. The summed E-state index contributed by atoms with van der Waals surface area (Å²) in [6.45, 7) is 3.28. The quantitative estimate of drug-likeness (QED) is 0.902. The number of aryl methyl sites for hydroxylation is 1. The molecule has 3 heterocycles. The zero-order chi connectivity index (χ0) is 17.9. The van der Waals surface area contributed by atoms with Gasteiger partial charge in [0.15, 0.2) is 0 Å². The van der Waals surface area contributed by atoms with Crippen molar-refractivity contribution in [1.82, 2.24) is 19.9 Å². The van der Waals surface area contributed by atoms with Gasteiger partial charge in [-0.3, -0.25) is 4.79 Å². The number of carbonyl (C=O) groups excluding carboxylic acids is 1. The Labute approximate surface area is 147 Å². The highest BCUT2D eigenvalue weighted by atomic mass is 16.3. The molecule has 1 amide bonds. The fourth-order valence-electron chi connectivity index (χ4n) is 3.24. The van der Waals surface area contributed by atoms with Crippen molar-refractivity contribution in [3.8, 4) is 0 Å². The third kappa shape index (κ3) is 4.11. The maximum absolute atomic E-state index is 12.6. The monoisotopic (exact) mass is 341 g/mol. The summed E-state index contributed by atoms with van der Waals surface area (Å²) in [5.41, 5.74) is 0.194. The minimum absolute atomic E-state index is 0.190. The molecule has 7 heteroatoms. The molecule has 0 saturated carbocycles. The van der Waals surface area contributed by atoms with Gasteiger partial charge in [-0.05, 0) is 38.0 Å². The van der Waals surface area contributed by atoms with Crippen LogP contribution >= 0.6 is 0 Å². The van der Waals surface area contributed by atoms with Crippen LogP contribution in [-0.4, -0.2) is 63.1 Å². The summed E-state index contributed by atoms with van der Waals surface area (Å²) < 4.78 is 0. The van der Waals surface area contributed by atoms with Gasteiger partial charge in [-0.2, -0.15) is 0 Å². The van der Waals surface area contributed by atoms with Crippen LogP contribution in [0.25, 0.3) is 0 Å². The molecule has 0 unspecified atom stereocenters. The van der Waals surface area contributed by atoms with Crippen molar-refractivity contribution in [2.24, 2.45) is 0 Å². The van der Waals surface area contributed by atoms with Gasteiger partial charge in [0.1, 0.15) is 5.69 Å². The van der Waals surface area contributed by atoms with Crippen LogP contribution in [0, 0.1) is 6.92 Å². The van der Waals surface area contributed by atoms with Crippen LogP contribution in [-0.2, 0) is 0 Å². The first-order chi connectivity index (χ1) is 12.0. The van der Waals surface area contributed by atoms with Crippen LogP contribution in [0.5, 0.6) is 0 Å². The number of aromatic nitrogens is 3. The van der Waals surface area contributed by atoms with E-state index in [1.165, 1.54) is 4.90 Å². The van der Waals surface area contributed by atoms with Gasteiger partial charge in [0.05, 0.1) is 18.7 Å². The number of hydrogen-bond donors (Lipinski definition) is 1. The van der Waals surface area contributed by atoms with Gasteiger partial charge in [-0.25, -0.2) is 15.0 Å². The molecule has 132 valence electrons. The van der Waals surface area contributed by atoms with E-state index in [1.807, 2.05) is 24.0 Å². The second-order valence-corrected chi connectivity index (χ2v) is 6.62. The molecule has 1 fully saturated rings. The van der Waals surface area contributed by atoms with E-state index in [9.17, 15) is 9.90 Å². The Kier molecular flexibility index (Phi) is 4.94. The Bertz CT molecular complexity index is 739.